The molecule has 0 saturated heterocycles. The quantitative estimate of drug-likeness (QED) is 0.703. The van der Waals surface area contributed by atoms with E-state index in [0.717, 1.165) is 0 Å². The first-order valence-corrected chi connectivity index (χ1v) is 5.06. The van der Waals surface area contributed by atoms with Gasteiger partial charge in [-0.1, -0.05) is 0 Å². The molecule has 90 valence electrons. The molecule has 0 bridgehead atoms. The predicted octanol–water partition coefficient (Wildman–Crippen LogP) is 0.601. The van der Waals surface area contributed by atoms with E-state index in [9.17, 15) is 4.79 Å². The molecular weight excluding hydrogens is 218 g/mol. The number of anilines is 2. The van der Waals surface area contributed by atoms with E-state index in [4.69, 9.17) is 16.7 Å². The second-order valence-corrected chi connectivity index (χ2v) is 4.43. The molecule has 0 atom stereocenters. The first-order valence-electron chi connectivity index (χ1n) is 5.06. The number of nitrogens with two attached hydrogens (primary N) is 2. The Balaban J connectivity index is 2.89. The van der Waals surface area contributed by atoms with Gasteiger partial charge in [0.25, 0.3) is 0 Å². The lowest BCUT2D eigenvalue weighted by molar-refractivity contribution is -0.118. The molecule has 0 radical (unpaired) electrons. The van der Waals surface area contributed by atoms with Crippen molar-refractivity contribution in [3.8, 4) is 6.07 Å². The monoisotopic (exact) mass is 233 g/mol. The number of carbonyl (C=O) groups excluding carboxylic acids is 1. The molecule has 0 aliphatic heterocycles. The number of carbonyl (C=O) groups is 1. The number of aromatic nitrogens is 1. The SMILES string of the molecule is CC(C)(CC(N)=O)Nc1ncc(C#N)cc1N. The lowest BCUT2D eigenvalue weighted by Crippen LogP contribution is -2.36. The van der Waals surface area contributed by atoms with Gasteiger partial charge in [0.05, 0.1) is 11.3 Å². The van der Waals surface area contributed by atoms with Crippen LogP contribution >= 0.6 is 0 Å². The van der Waals surface area contributed by atoms with Crippen LogP contribution in [-0.2, 0) is 4.79 Å². The van der Waals surface area contributed by atoms with Crippen molar-refractivity contribution in [1.82, 2.24) is 4.98 Å². The number of amides is 1. The Labute approximate surface area is 99.6 Å². The van der Waals surface area contributed by atoms with Gasteiger partial charge in [0.1, 0.15) is 11.9 Å². The lowest BCUT2D eigenvalue weighted by atomic mass is 10.0. The van der Waals surface area contributed by atoms with E-state index >= 15 is 0 Å². The Morgan fingerprint density at radius 2 is 2.29 bits per heavy atom. The van der Waals surface area contributed by atoms with Crippen LogP contribution in [-0.4, -0.2) is 16.4 Å². The van der Waals surface area contributed by atoms with Crippen LogP contribution in [0.2, 0.25) is 0 Å². The number of pyridine rings is 1. The van der Waals surface area contributed by atoms with E-state index in [2.05, 4.69) is 10.3 Å². The first kappa shape index (κ1) is 12.8. The zero-order valence-electron chi connectivity index (χ0n) is 9.82. The Morgan fingerprint density at radius 1 is 1.65 bits per heavy atom. The van der Waals surface area contributed by atoms with Crippen molar-refractivity contribution in [2.45, 2.75) is 25.8 Å². The summed E-state index contributed by atoms with van der Waals surface area (Å²) in [7, 11) is 0. The highest BCUT2D eigenvalue weighted by Crippen LogP contribution is 2.22. The third kappa shape index (κ3) is 3.65. The summed E-state index contributed by atoms with van der Waals surface area (Å²) in [6.45, 7) is 3.63. The largest absolute Gasteiger partial charge is 0.396 e. The summed E-state index contributed by atoms with van der Waals surface area (Å²) < 4.78 is 0. The van der Waals surface area contributed by atoms with Gasteiger partial charge in [0.15, 0.2) is 0 Å². The molecule has 0 saturated carbocycles. The fourth-order valence-electron chi connectivity index (χ4n) is 1.45. The number of primary amides is 1. The lowest BCUT2D eigenvalue weighted by Gasteiger charge is -2.26. The summed E-state index contributed by atoms with van der Waals surface area (Å²) in [5.74, 6) is 0.0324. The molecule has 1 aromatic rings. The average molecular weight is 233 g/mol. The normalized spacial score (nSPS) is 10.6. The molecule has 1 aromatic heterocycles. The maximum Gasteiger partial charge on any atom is 0.219 e. The van der Waals surface area contributed by atoms with E-state index in [1.54, 1.807) is 0 Å². The Hall–Kier alpha value is -2.29. The third-order valence-corrected chi connectivity index (χ3v) is 2.12. The Kier molecular flexibility index (Phi) is 3.53. The van der Waals surface area contributed by atoms with Gasteiger partial charge in [-0.15, -0.1) is 0 Å². The second kappa shape index (κ2) is 4.70. The predicted molar refractivity (Wildman–Crippen MR) is 64.9 cm³/mol. The molecule has 1 amide bonds. The third-order valence-electron chi connectivity index (χ3n) is 2.12. The smallest absolute Gasteiger partial charge is 0.219 e. The molecule has 0 fully saturated rings. The van der Waals surface area contributed by atoms with E-state index in [-0.39, 0.29) is 6.42 Å². The molecule has 0 unspecified atom stereocenters. The van der Waals surface area contributed by atoms with Gasteiger partial charge in [-0.05, 0) is 19.9 Å². The van der Waals surface area contributed by atoms with Crippen LogP contribution in [0, 0.1) is 11.3 Å². The molecule has 0 aromatic carbocycles. The molecule has 0 spiro atoms. The fraction of sp³-hybridized carbons (Fsp3) is 0.364. The summed E-state index contributed by atoms with van der Waals surface area (Å²) in [5.41, 5.74) is 11.1. The van der Waals surface area contributed by atoms with Crippen LogP contribution in [0.15, 0.2) is 12.3 Å². The minimum Gasteiger partial charge on any atom is -0.396 e. The van der Waals surface area contributed by atoms with Gasteiger partial charge in [-0.2, -0.15) is 5.26 Å². The van der Waals surface area contributed by atoms with Crippen molar-refractivity contribution in [1.29, 1.82) is 5.26 Å². The van der Waals surface area contributed by atoms with Crippen LogP contribution in [0.1, 0.15) is 25.8 Å². The second-order valence-electron chi connectivity index (χ2n) is 4.43. The molecule has 0 aliphatic rings. The number of hydrogen-bond acceptors (Lipinski definition) is 5. The summed E-state index contributed by atoms with van der Waals surface area (Å²) >= 11 is 0. The van der Waals surface area contributed by atoms with Crippen molar-refractivity contribution in [3.63, 3.8) is 0 Å². The molecule has 0 aliphatic carbocycles. The van der Waals surface area contributed by atoms with Crippen LogP contribution in [0.3, 0.4) is 0 Å². The summed E-state index contributed by atoms with van der Waals surface area (Å²) in [5, 5.41) is 11.7. The summed E-state index contributed by atoms with van der Waals surface area (Å²) in [4.78, 5) is 14.9. The standard InChI is InChI=1S/C11H15N5O/c1-11(2,4-9(14)17)16-10-8(13)3-7(5-12)6-15-10/h3,6H,4,13H2,1-2H3,(H2,14,17)(H,15,16). The maximum absolute atomic E-state index is 10.9. The van der Waals surface area contributed by atoms with Crippen molar-refractivity contribution in [2.75, 3.05) is 11.1 Å². The van der Waals surface area contributed by atoms with Gasteiger partial charge in [0, 0.05) is 18.2 Å². The number of nitrogens with one attached hydrogen (secondary N) is 1. The van der Waals surface area contributed by atoms with E-state index in [0.29, 0.717) is 17.1 Å². The first-order chi connectivity index (χ1) is 7.84. The summed E-state index contributed by atoms with van der Waals surface area (Å²) in [6.07, 6.45) is 1.58. The van der Waals surface area contributed by atoms with E-state index in [1.807, 2.05) is 19.9 Å². The van der Waals surface area contributed by atoms with Crippen LogP contribution in [0.4, 0.5) is 11.5 Å². The van der Waals surface area contributed by atoms with Crippen molar-refractivity contribution >= 4 is 17.4 Å². The number of hydrogen-bond donors (Lipinski definition) is 3. The van der Waals surface area contributed by atoms with Crippen LogP contribution < -0.4 is 16.8 Å². The van der Waals surface area contributed by atoms with Crippen LogP contribution in [0.25, 0.3) is 0 Å². The van der Waals surface area contributed by atoms with E-state index < -0.39 is 11.4 Å². The maximum atomic E-state index is 10.9. The molecule has 5 N–H and O–H groups in total. The highest BCUT2D eigenvalue weighted by molar-refractivity contribution is 5.76. The minimum atomic E-state index is -0.541. The molecule has 6 nitrogen and oxygen atoms in total. The Morgan fingerprint density at radius 3 is 2.76 bits per heavy atom. The van der Waals surface area contributed by atoms with Crippen molar-refractivity contribution < 1.29 is 4.79 Å². The number of nitrogen functional groups attached to an aromatic ring is 1. The Bertz CT molecular complexity index is 475. The molecule has 17 heavy (non-hydrogen) atoms. The van der Waals surface area contributed by atoms with Crippen LogP contribution in [0.5, 0.6) is 0 Å². The number of nitriles is 1. The zero-order valence-corrected chi connectivity index (χ0v) is 9.82. The zero-order chi connectivity index (χ0) is 13.1. The number of rotatable bonds is 4. The molecular formula is C11H15N5O. The van der Waals surface area contributed by atoms with Crippen molar-refractivity contribution in [2.24, 2.45) is 5.73 Å². The average Bonchev–Trinajstić information content (AvgIpc) is 2.18. The van der Waals surface area contributed by atoms with Crippen molar-refractivity contribution in [3.05, 3.63) is 17.8 Å². The van der Waals surface area contributed by atoms with E-state index in [1.165, 1.54) is 12.3 Å². The fourth-order valence-corrected chi connectivity index (χ4v) is 1.45. The topological polar surface area (TPSA) is 118 Å². The molecule has 1 rings (SSSR count). The minimum absolute atomic E-state index is 0.161. The molecule has 1 heterocycles. The van der Waals surface area contributed by atoms with Gasteiger partial charge < -0.3 is 16.8 Å². The molecule has 6 heteroatoms. The summed E-state index contributed by atoms with van der Waals surface area (Å²) in [6, 6.07) is 3.47. The van der Waals surface area contributed by atoms with Gasteiger partial charge >= 0.3 is 0 Å². The highest BCUT2D eigenvalue weighted by atomic mass is 16.1. The van der Waals surface area contributed by atoms with Gasteiger partial charge in [0.2, 0.25) is 5.91 Å². The highest BCUT2D eigenvalue weighted by Gasteiger charge is 2.21. The van der Waals surface area contributed by atoms with Gasteiger partial charge in [-0.3, -0.25) is 4.79 Å². The van der Waals surface area contributed by atoms with Gasteiger partial charge in [-0.25, -0.2) is 4.98 Å². The number of nitrogens with zero attached hydrogens (tertiary/aromatic N) is 2.